The summed E-state index contributed by atoms with van der Waals surface area (Å²) < 4.78 is 30.6. The number of nitrogens with two attached hydrogens (primary N) is 1. The lowest BCUT2D eigenvalue weighted by Gasteiger charge is -2.33. The SMILES string of the molecule is CC1(N)COC(c2nc(-c3ccc(F)cc3)c(-c3ccnc(N4CCOCC4)n3)[nH]2)OC1. The van der Waals surface area contributed by atoms with Crippen molar-refractivity contribution in [3.63, 3.8) is 0 Å². The first kappa shape index (κ1) is 21.0. The molecule has 2 aliphatic rings. The van der Waals surface area contributed by atoms with Crippen molar-refractivity contribution in [2.75, 3.05) is 44.4 Å². The van der Waals surface area contributed by atoms with Crippen molar-refractivity contribution in [2.24, 2.45) is 5.73 Å². The molecule has 4 heterocycles. The molecular formula is C22H25FN6O3. The van der Waals surface area contributed by atoms with Crippen LogP contribution in [0.25, 0.3) is 22.6 Å². The van der Waals surface area contributed by atoms with E-state index in [2.05, 4.69) is 14.9 Å². The summed E-state index contributed by atoms with van der Waals surface area (Å²) >= 11 is 0. The molecule has 0 unspecified atom stereocenters. The van der Waals surface area contributed by atoms with Gasteiger partial charge < -0.3 is 29.8 Å². The Morgan fingerprint density at radius 1 is 1.09 bits per heavy atom. The third kappa shape index (κ3) is 4.35. The summed E-state index contributed by atoms with van der Waals surface area (Å²) in [6.45, 7) is 5.28. The number of rotatable bonds is 4. The summed E-state index contributed by atoms with van der Waals surface area (Å²) in [7, 11) is 0. The molecule has 3 N–H and O–H groups in total. The van der Waals surface area contributed by atoms with Crippen LogP contribution in [0.5, 0.6) is 0 Å². The Labute approximate surface area is 184 Å². The Morgan fingerprint density at radius 3 is 2.53 bits per heavy atom. The highest BCUT2D eigenvalue weighted by Crippen LogP contribution is 2.33. The van der Waals surface area contributed by atoms with Crippen molar-refractivity contribution in [3.8, 4) is 22.6 Å². The van der Waals surface area contributed by atoms with E-state index in [1.165, 1.54) is 12.1 Å². The number of nitrogens with zero attached hydrogens (tertiary/aromatic N) is 4. The van der Waals surface area contributed by atoms with Gasteiger partial charge in [-0.1, -0.05) is 0 Å². The molecule has 32 heavy (non-hydrogen) atoms. The molecule has 0 saturated carbocycles. The molecule has 168 valence electrons. The molecule has 3 aromatic rings. The van der Waals surface area contributed by atoms with Crippen molar-refractivity contribution >= 4 is 5.95 Å². The summed E-state index contributed by atoms with van der Waals surface area (Å²) in [5, 5.41) is 0. The average molecular weight is 440 g/mol. The molecule has 0 spiro atoms. The van der Waals surface area contributed by atoms with Crippen LogP contribution in [0.4, 0.5) is 10.3 Å². The molecule has 0 amide bonds. The minimum absolute atomic E-state index is 0.316. The number of morpholine rings is 1. The standard InChI is InChI=1S/C22H25FN6O3/c1-22(24)12-31-20(32-13-22)19-27-17(14-2-4-15(23)5-3-14)18(28-19)16-6-7-25-21(26-16)29-8-10-30-11-9-29/h2-7,20H,8-13,24H2,1H3,(H,27,28). The number of imidazole rings is 1. The van der Waals surface area contributed by atoms with E-state index in [1.807, 2.05) is 13.0 Å². The van der Waals surface area contributed by atoms with Crippen LogP contribution in [0, 0.1) is 5.82 Å². The molecule has 0 bridgehead atoms. The van der Waals surface area contributed by atoms with Gasteiger partial charge in [-0.25, -0.2) is 19.3 Å². The van der Waals surface area contributed by atoms with Gasteiger partial charge in [0.25, 0.3) is 0 Å². The summed E-state index contributed by atoms with van der Waals surface area (Å²) in [5.74, 6) is 0.807. The third-order valence-electron chi connectivity index (χ3n) is 5.38. The van der Waals surface area contributed by atoms with Crippen LogP contribution in [-0.4, -0.2) is 65.0 Å². The zero-order chi connectivity index (χ0) is 22.1. The maximum atomic E-state index is 13.5. The number of hydrogen-bond acceptors (Lipinski definition) is 8. The highest BCUT2D eigenvalue weighted by atomic mass is 19.1. The lowest BCUT2D eigenvalue weighted by Crippen LogP contribution is -2.50. The molecule has 2 aliphatic heterocycles. The Morgan fingerprint density at radius 2 is 1.81 bits per heavy atom. The second-order valence-electron chi connectivity index (χ2n) is 8.30. The van der Waals surface area contributed by atoms with Crippen molar-refractivity contribution in [1.29, 1.82) is 0 Å². The number of benzene rings is 1. The van der Waals surface area contributed by atoms with Gasteiger partial charge in [0.1, 0.15) is 5.82 Å². The highest BCUT2D eigenvalue weighted by Gasteiger charge is 2.32. The maximum Gasteiger partial charge on any atom is 0.226 e. The van der Waals surface area contributed by atoms with Gasteiger partial charge in [0.2, 0.25) is 12.2 Å². The maximum absolute atomic E-state index is 13.5. The van der Waals surface area contributed by atoms with Crippen LogP contribution >= 0.6 is 0 Å². The smallest absolute Gasteiger partial charge is 0.226 e. The molecule has 2 fully saturated rings. The zero-order valence-electron chi connectivity index (χ0n) is 17.8. The van der Waals surface area contributed by atoms with Crippen molar-refractivity contribution in [1.82, 2.24) is 19.9 Å². The van der Waals surface area contributed by atoms with E-state index in [-0.39, 0.29) is 5.82 Å². The molecule has 0 radical (unpaired) electrons. The van der Waals surface area contributed by atoms with Gasteiger partial charge in [0, 0.05) is 24.8 Å². The van der Waals surface area contributed by atoms with E-state index in [0.29, 0.717) is 55.3 Å². The number of H-pyrrole nitrogens is 1. The van der Waals surface area contributed by atoms with E-state index < -0.39 is 11.8 Å². The zero-order valence-corrected chi connectivity index (χ0v) is 17.8. The molecule has 1 aromatic carbocycles. The molecule has 5 rings (SSSR count). The van der Waals surface area contributed by atoms with Gasteiger partial charge in [-0.3, -0.25) is 0 Å². The van der Waals surface area contributed by atoms with Crippen LogP contribution in [0.3, 0.4) is 0 Å². The first-order valence-corrected chi connectivity index (χ1v) is 10.5. The number of ether oxygens (including phenoxy) is 3. The van der Waals surface area contributed by atoms with Gasteiger partial charge in [0.05, 0.1) is 49.0 Å². The highest BCUT2D eigenvalue weighted by molar-refractivity contribution is 5.77. The minimum atomic E-state index is -0.680. The predicted octanol–water partition coefficient (Wildman–Crippen LogP) is 2.27. The number of aromatic nitrogens is 4. The van der Waals surface area contributed by atoms with Crippen molar-refractivity contribution < 1.29 is 18.6 Å². The fourth-order valence-electron chi connectivity index (χ4n) is 3.69. The first-order chi connectivity index (χ1) is 15.5. The first-order valence-electron chi connectivity index (χ1n) is 10.5. The average Bonchev–Trinajstić information content (AvgIpc) is 3.26. The van der Waals surface area contributed by atoms with E-state index in [9.17, 15) is 4.39 Å². The third-order valence-corrected chi connectivity index (χ3v) is 5.38. The fraction of sp³-hybridized carbons (Fsp3) is 0.409. The summed E-state index contributed by atoms with van der Waals surface area (Å²) in [6, 6.07) is 7.98. The lowest BCUT2D eigenvalue weighted by atomic mass is 10.1. The van der Waals surface area contributed by atoms with Gasteiger partial charge >= 0.3 is 0 Å². The van der Waals surface area contributed by atoms with Gasteiger partial charge in [0.15, 0.2) is 5.82 Å². The Kier molecular flexibility index (Phi) is 5.60. The molecule has 2 aromatic heterocycles. The summed E-state index contributed by atoms with van der Waals surface area (Å²) in [4.78, 5) is 19.3. The monoisotopic (exact) mass is 440 g/mol. The van der Waals surface area contributed by atoms with E-state index in [0.717, 1.165) is 18.7 Å². The van der Waals surface area contributed by atoms with Crippen molar-refractivity contribution in [3.05, 3.63) is 48.2 Å². The Balaban J connectivity index is 1.53. The fourth-order valence-corrected chi connectivity index (χ4v) is 3.69. The lowest BCUT2D eigenvalue weighted by molar-refractivity contribution is -0.211. The minimum Gasteiger partial charge on any atom is -0.378 e. The van der Waals surface area contributed by atoms with Gasteiger partial charge in [-0.15, -0.1) is 0 Å². The van der Waals surface area contributed by atoms with E-state index in [1.54, 1.807) is 18.3 Å². The van der Waals surface area contributed by atoms with Crippen LogP contribution in [-0.2, 0) is 14.2 Å². The summed E-state index contributed by atoms with van der Waals surface area (Å²) in [6.07, 6.45) is 1.04. The van der Waals surface area contributed by atoms with Crippen LogP contribution in [0.1, 0.15) is 19.0 Å². The molecule has 0 atom stereocenters. The van der Waals surface area contributed by atoms with E-state index in [4.69, 9.17) is 29.9 Å². The molecule has 2 saturated heterocycles. The molecular weight excluding hydrogens is 415 g/mol. The van der Waals surface area contributed by atoms with Gasteiger partial charge in [-0.05, 0) is 37.3 Å². The Bertz CT molecular complexity index is 1070. The second-order valence-corrected chi connectivity index (χ2v) is 8.30. The Hall–Kier alpha value is -2.92. The largest absolute Gasteiger partial charge is 0.378 e. The molecule has 0 aliphatic carbocycles. The number of hydrogen-bond donors (Lipinski definition) is 2. The van der Waals surface area contributed by atoms with Crippen LogP contribution in [0.2, 0.25) is 0 Å². The molecule has 9 nitrogen and oxygen atoms in total. The number of aromatic amines is 1. The van der Waals surface area contributed by atoms with Crippen LogP contribution in [0.15, 0.2) is 36.5 Å². The van der Waals surface area contributed by atoms with Crippen LogP contribution < -0.4 is 10.6 Å². The van der Waals surface area contributed by atoms with Gasteiger partial charge in [-0.2, -0.15) is 0 Å². The second kappa shape index (κ2) is 8.55. The van der Waals surface area contributed by atoms with Crippen molar-refractivity contribution in [2.45, 2.75) is 18.8 Å². The number of nitrogens with one attached hydrogen (secondary N) is 1. The molecule has 10 heteroatoms. The topological polar surface area (TPSA) is 111 Å². The number of anilines is 1. The predicted molar refractivity (Wildman–Crippen MR) is 115 cm³/mol. The normalized spacial score (nSPS) is 24.0. The quantitative estimate of drug-likeness (QED) is 0.636. The summed E-state index contributed by atoms with van der Waals surface area (Å²) in [5.41, 5.74) is 8.25. The van der Waals surface area contributed by atoms with E-state index >= 15 is 0 Å². The number of halogens is 1.